The van der Waals surface area contributed by atoms with Crippen molar-refractivity contribution in [3.8, 4) is 11.5 Å². The maximum atomic E-state index is 5.85. The predicted molar refractivity (Wildman–Crippen MR) is 76.7 cm³/mol. The molecule has 20 heavy (non-hydrogen) atoms. The Morgan fingerprint density at radius 1 is 1.10 bits per heavy atom. The van der Waals surface area contributed by atoms with Crippen LogP contribution in [0.3, 0.4) is 0 Å². The maximum Gasteiger partial charge on any atom is 0.166 e. The van der Waals surface area contributed by atoms with E-state index in [1.54, 1.807) is 18.5 Å². The normalized spacial score (nSPS) is 10.3. The Kier molecular flexibility index (Phi) is 5.32. The van der Waals surface area contributed by atoms with Crippen molar-refractivity contribution in [2.24, 2.45) is 5.73 Å². The topological polar surface area (TPSA) is 70.3 Å². The average Bonchev–Trinajstić information content (AvgIpc) is 2.48. The van der Waals surface area contributed by atoms with Gasteiger partial charge < -0.3 is 15.2 Å². The van der Waals surface area contributed by atoms with Crippen LogP contribution in [0.15, 0.2) is 36.7 Å². The van der Waals surface area contributed by atoms with Gasteiger partial charge in [0.1, 0.15) is 6.61 Å². The van der Waals surface area contributed by atoms with Crippen molar-refractivity contribution in [1.29, 1.82) is 0 Å². The Morgan fingerprint density at radius 2 is 1.90 bits per heavy atom. The SMILES string of the molecule is CCOc1cccc(CCN)c1OCc1ncccn1. The zero-order valence-corrected chi connectivity index (χ0v) is 11.6. The van der Waals surface area contributed by atoms with Gasteiger partial charge in [-0.25, -0.2) is 9.97 Å². The third-order valence-electron chi connectivity index (χ3n) is 2.74. The van der Waals surface area contributed by atoms with Gasteiger partial charge in [-0.3, -0.25) is 0 Å². The fourth-order valence-electron chi connectivity index (χ4n) is 1.89. The van der Waals surface area contributed by atoms with Crippen LogP contribution in [0, 0.1) is 0 Å². The molecule has 1 aromatic carbocycles. The van der Waals surface area contributed by atoms with Crippen molar-refractivity contribution in [3.63, 3.8) is 0 Å². The van der Waals surface area contributed by atoms with Gasteiger partial charge >= 0.3 is 0 Å². The third-order valence-corrected chi connectivity index (χ3v) is 2.74. The zero-order chi connectivity index (χ0) is 14.2. The molecule has 1 aromatic heterocycles. The third kappa shape index (κ3) is 3.68. The van der Waals surface area contributed by atoms with Gasteiger partial charge in [-0.15, -0.1) is 0 Å². The molecule has 0 saturated heterocycles. The van der Waals surface area contributed by atoms with Crippen molar-refractivity contribution < 1.29 is 9.47 Å². The smallest absolute Gasteiger partial charge is 0.166 e. The van der Waals surface area contributed by atoms with Crippen molar-refractivity contribution in [2.45, 2.75) is 20.0 Å². The fourth-order valence-corrected chi connectivity index (χ4v) is 1.89. The molecule has 0 amide bonds. The summed E-state index contributed by atoms with van der Waals surface area (Å²) < 4.78 is 11.5. The van der Waals surface area contributed by atoms with E-state index >= 15 is 0 Å². The van der Waals surface area contributed by atoms with Gasteiger partial charge in [-0.2, -0.15) is 0 Å². The maximum absolute atomic E-state index is 5.85. The molecule has 5 heteroatoms. The van der Waals surface area contributed by atoms with E-state index in [4.69, 9.17) is 15.2 Å². The molecule has 0 saturated carbocycles. The Balaban J connectivity index is 2.18. The monoisotopic (exact) mass is 273 g/mol. The standard InChI is InChI=1S/C15H19N3O2/c1-2-19-13-6-3-5-12(7-8-16)15(13)20-11-14-17-9-4-10-18-14/h3-6,9-10H,2,7-8,11,16H2,1H3. The second-order valence-corrected chi connectivity index (χ2v) is 4.17. The van der Waals surface area contributed by atoms with E-state index in [-0.39, 0.29) is 0 Å². The van der Waals surface area contributed by atoms with Crippen LogP contribution in [0.4, 0.5) is 0 Å². The lowest BCUT2D eigenvalue weighted by molar-refractivity contribution is 0.260. The van der Waals surface area contributed by atoms with Crippen molar-refractivity contribution in [2.75, 3.05) is 13.2 Å². The lowest BCUT2D eigenvalue weighted by atomic mass is 10.1. The Hall–Kier alpha value is -2.14. The molecule has 0 aliphatic heterocycles. The van der Waals surface area contributed by atoms with Crippen LogP contribution in [-0.4, -0.2) is 23.1 Å². The number of hydrogen-bond donors (Lipinski definition) is 1. The number of benzene rings is 1. The molecule has 0 aliphatic rings. The highest BCUT2D eigenvalue weighted by Gasteiger charge is 2.11. The van der Waals surface area contributed by atoms with Gasteiger partial charge in [0.05, 0.1) is 6.61 Å². The van der Waals surface area contributed by atoms with E-state index < -0.39 is 0 Å². The van der Waals surface area contributed by atoms with Gasteiger partial charge in [-0.05, 0) is 37.6 Å². The van der Waals surface area contributed by atoms with E-state index in [1.165, 1.54) is 0 Å². The summed E-state index contributed by atoms with van der Waals surface area (Å²) in [6, 6.07) is 7.61. The van der Waals surface area contributed by atoms with Crippen LogP contribution in [0.5, 0.6) is 11.5 Å². The highest BCUT2D eigenvalue weighted by Crippen LogP contribution is 2.32. The second kappa shape index (κ2) is 7.45. The molecule has 2 N–H and O–H groups in total. The summed E-state index contributed by atoms with van der Waals surface area (Å²) in [5.41, 5.74) is 6.68. The first-order valence-electron chi connectivity index (χ1n) is 6.68. The zero-order valence-electron chi connectivity index (χ0n) is 11.6. The van der Waals surface area contributed by atoms with E-state index in [0.717, 1.165) is 23.5 Å². The average molecular weight is 273 g/mol. The Labute approximate surface area is 118 Å². The first kappa shape index (κ1) is 14.3. The van der Waals surface area contributed by atoms with Gasteiger partial charge in [0.2, 0.25) is 0 Å². The summed E-state index contributed by atoms with van der Waals surface area (Å²) in [4.78, 5) is 8.29. The predicted octanol–water partition coefficient (Wildman–Crippen LogP) is 1.96. The van der Waals surface area contributed by atoms with Crippen LogP contribution in [-0.2, 0) is 13.0 Å². The summed E-state index contributed by atoms with van der Waals surface area (Å²) in [6.45, 7) is 3.40. The van der Waals surface area contributed by atoms with Crippen molar-refractivity contribution in [3.05, 3.63) is 48.0 Å². The highest BCUT2D eigenvalue weighted by molar-refractivity contribution is 5.46. The molecule has 5 nitrogen and oxygen atoms in total. The number of rotatable bonds is 7. The minimum absolute atomic E-state index is 0.308. The molecule has 0 atom stereocenters. The van der Waals surface area contributed by atoms with E-state index in [2.05, 4.69) is 9.97 Å². The minimum Gasteiger partial charge on any atom is -0.490 e. The van der Waals surface area contributed by atoms with Crippen LogP contribution in [0.1, 0.15) is 18.3 Å². The van der Waals surface area contributed by atoms with Crippen LogP contribution in [0.25, 0.3) is 0 Å². The van der Waals surface area contributed by atoms with E-state index in [0.29, 0.717) is 25.6 Å². The van der Waals surface area contributed by atoms with E-state index in [1.807, 2.05) is 25.1 Å². The first-order chi connectivity index (χ1) is 9.85. The number of para-hydroxylation sites is 1. The van der Waals surface area contributed by atoms with Crippen LogP contribution < -0.4 is 15.2 Å². The molecule has 0 spiro atoms. The summed E-state index contributed by atoms with van der Waals surface area (Å²) in [6.07, 6.45) is 4.13. The van der Waals surface area contributed by atoms with Gasteiger partial charge in [0.15, 0.2) is 17.3 Å². The summed E-state index contributed by atoms with van der Waals surface area (Å²) in [5.74, 6) is 2.10. The molecule has 106 valence electrons. The van der Waals surface area contributed by atoms with Crippen LogP contribution >= 0.6 is 0 Å². The number of hydrogen-bond acceptors (Lipinski definition) is 5. The minimum atomic E-state index is 0.308. The molecule has 1 heterocycles. The summed E-state index contributed by atoms with van der Waals surface area (Å²) in [7, 11) is 0. The number of aromatic nitrogens is 2. The molecule has 0 radical (unpaired) electrons. The van der Waals surface area contributed by atoms with Gasteiger partial charge in [-0.1, -0.05) is 12.1 Å². The molecule has 2 rings (SSSR count). The molecule has 0 bridgehead atoms. The fraction of sp³-hybridized carbons (Fsp3) is 0.333. The van der Waals surface area contributed by atoms with E-state index in [9.17, 15) is 0 Å². The second-order valence-electron chi connectivity index (χ2n) is 4.17. The number of nitrogens with zero attached hydrogens (tertiary/aromatic N) is 2. The van der Waals surface area contributed by atoms with Crippen LogP contribution in [0.2, 0.25) is 0 Å². The summed E-state index contributed by atoms with van der Waals surface area (Å²) >= 11 is 0. The molecule has 0 fully saturated rings. The summed E-state index contributed by atoms with van der Waals surface area (Å²) in [5, 5.41) is 0. The number of nitrogens with two attached hydrogens (primary N) is 1. The Morgan fingerprint density at radius 3 is 2.60 bits per heavy atom. The lowest BCUT2D eigenvalue weighted by Gasteiger charge is -2.15. The molecule has 2 aromatic rings. The number of ether oxygens (including phenoxy) is 2. The van der Waals surface area contributed by atoms with Gasteiger partial charge in [0, 0.05) is 12.4 Å². The highest BCUT2D eigenvalue weighted by atomic mass is 16.5. The largest absolute Gasteiger partial charge is 0.490 e. The quantitative estimate of drug-likeness (QED) is 0.835. The van der Waals surface area contributed by atoms with Gasteiger partial charge in [0.25, 0.3) is 0 Å². The molecular weight excluding hydrogens is 254 g/mol. The first-order valence-corrected chi connectivity index (χ1v) is 6.68. The molecule has 0 unspecified atom stereocenters. The molecule has 0 aliphatic carbocycles. The lowest BCUT2D eigenvalue weighted by Crippen LogP contribution is -2.08. The van der Waals surface area contributed by atoms with Crippen molar-refractivity contribution >= 4 is 0 Å². The Bertz CT molecular complexity index is 508. The molecular formula is C15H19N3O2. The van der Waals surface area contributed by atoms with Crippen molar-refractivity contribution in [1.82, 2.24) is 9.97 Å².